The van der Waals surface area contributed by atoms with Crippen LogP contribution in [-0.4, -0.2) is 12.1 Å². The molecule has 0 saturated heterocycles. The number of hydrogen-bond donors (Lipinski definition) is 0. The van der Waals surface area contributed by atoms with E-state index in [0.717, 1.165) is 18.3 Å². The van der Waals surface area contributed by atoms with E-state index in [1.165, 1.54) is 57.8 Å². The van der Waals surface area contributed by atoms with Gasteiger partial charge in [-0.25, -0.2) is 0 Å². The largest absolute Gasteiger partial charge is 0.462 e. The van der Waals surface area contributed by atoms with E-state index in [1.807, 2.05) is 0 Å². The van der Waals surface area contributed by atoms with E-state index in [4.69, 9.17) is 4.74 Å². The van der Waals surface area contributed by atoms with Gasteiger partial charge in [0.05, 0.1) is 0 Å². The van der Waals surface area contributed by atoms with Crippen LogP contribution in [0.3, 0.4) is 0 Å². The molecule has 0 aromatic heterocycles. The van der Waals surface area contributed by atoms with Crippen LogP contribution in [0.15, 0.2) is 11.6 Å². The predicted molar refractivity (Wildman–Crippen MR) is 140 cm³/mol. The number of allylic oxidation sites excluding steroid dienone is 2. The first kappa shape index (κ1) is 24.9. The van der Waals surface area contributed by atoms with Gasteiger partial charge in [0.1, 0.15) is 6.10 Å². The van der Waals surface area contributed by atoms with Crippen LogP contribution in [0.2, 0.25) is 0 Å². The maximum atomic E-state index is 11.9. The van der Waals surface area contributed by atoms with Gasteiger partial charge in [0.2, 0.25) is 0 Å². The zero-order valence-corrected chi connectivity index (χ0v) is 23.8. The molecule has 8 atom stereocenters. The number of carbonyl (C=O) groups is 1. The Labute approximate surface area is 210 Å². The number of ether oxygens (including phenoxy) is 1. The predicted octanol–water partition coefficient (Wildman–Crippen LogP) is 8.74. The highest BCUT2D eigenvalue weighted by Crippen LogP contribution is 2.77. The summed E-state index contributed by atoms with van der Waals surface area (Å²) in [5.74, 6) is 2.11. The molecule has 4 saturated carbocycles. The van der Waals surface area contributed by atoms with Gasteiger partial charge >= 0.3 is 5.97 Å². The Bertz CT molecular complexity index is 897. The van der Waals surface area contributed by atoms with Crippen LogP contribution in [0.25, 0.3) is 0 Å². The lowest BCUT2D eigenvalue weighted by molar-refractivity contribution is -0.240. The first-order valence-corrected chi connectivity index (χ1v) is 14.5. The molecule has 5 aliphatic carbocycles. The molecule has 5 rings (SSSR count). The van der Waals surface area contributed by atoms with Crippen molar-refractivity contribution in [3.05, 3.63) is 11.6 Å². The first-order valence-electron chi connectivity index (χ1n) is 14.5. The van der Waals surface area contributed by atoms with Gasteiger partial charge in [-0.2, -0.15) is 0 Å². The van der Waals surface area contributed by atoms with Gasteiger partial charge in [-0.15, -0.1) is 0 Å². The van der Waals surface area contributed by atoms with Crippen LogP contribution in [-0.2, 0) is 9.53 Å². The number of fused-ring (bicyclic) bond motifs is 7. The molecule has 0 N–H and O–H groups in total. The van der Waals surface area contributed by atoms with Crippen molar-refractivity contribution in [3.63, 3.8) is 0 Å². The summed E-state index contributed by atoms with van der Waals surface area (Å²) in [6.45, 7) is 22.2. The second-order valence-electron chi connectivity index (χ2n) is 15.5. The highest BCUT2D eigenvalue weighted by atomic mass is 16.5. The second-order valence-corrected chi connectivity index (χ2v) is 15.5. The number of rotatable bonds is 1. The highest BCUT2D eigenvalue weighted by Gasteiger charge is 2.69. The van der Waals surface area contributed by atoms with Crippen molar-refractivity contribution in [2.24, 2.45) is 50.2 Å². The molecular formula is C32H52O2. The topological polar surface area (TPSA) is 26.3 Å². The fourth-order valence-electron chi connectivity index (χ4n) is 11.8. The summed E-state index contributed by atoms with van der Waals surface area (Å²) >= 11 is 0. The Morgan fingerprint density at radius 3 is 2.15 bits per heavy atom. The van der Waals surface area contributed by atoms with E-state index in [0.29, 0.717) is 33.0 Å². The van der Waals surface area contributed by atoms with Gasteiger partial charge in [0.15, 0.2) is 0 Å². The lowest BCUT2D eigenvalue weighted by Gasteiger charge is -2.73. The lowest BCUT2D eigenvalue weighted by atomic mass is 9.31. The molecule has 0 spiro atoms. The Balaban J connectivity index is 1.53. The van der Waals surface area contributed by atoms with Gasteiger partial charge in [-0.1, -0.05) is 73.5 Å². The van der Waals surface area contributed by atoms with Crippen LogP contribution in [0.4, 0.5) is 0 Å². The Hall–Kier alpha value is -0.790. The summed E-state index contributed by atoms with van der Waals surface area (Å²) in [7, 11) is 0. The highest BCUT2D eigenvalue weighted by molar-refractivity contribution is 5.66. The van der Waals surface area contributed by atoms with Crippen molar-refractivity contribution in [1.29, 1.82) is 0 Å². The zero-order chi connectivity index (χ0) is 24.9. The standard InChI is InChI=1S/C32H52O2/c1-21(33)34-26-15-18-30(7)23(28(26,4)5)14-20-32(9)25(30)12-11-24-29(6)17-10-16-27(2,3)22(29)13-19-31(24,32)8/h13,23-26H,10-12,14-20H2,1-9H3. The van der Waals surface area contributed by atoms with Crippen LogP contribution in [0.5, 0.6) is 0 Å². The van der Waals surface area contributed by atoms with Crippen LogP contribution in [0, 0.1) is 50.2 Å². The van der Waals surface area contributed by atoms with Gasteiger partial charge in [0, 0.05) is 12.3 Å². The number of esters is 1. The first-order chi connectivity index (χ1) is 15.6. The van der Waals surface area contributed by atoms with E-state index in [2.05, 4.69) is 61.5 Å². The number of carbonyl (C=O) groups excluding carboxylic acids is 1. The summed E-state index contributed by atoms with van der Waals surface area (Å²) in [5.41, 5.74) is 3.72. The summed E-state index contributed by atoms with van der Waals surface area (Å²) in [6, 6.07) is 0. The van der Waals surface area contributed by atoms with E-state index < -0.39 is 0 Å². The van der Waals surface area contributed by atoms with Gasteiger partial charge in [-0.3, -0.25) is 4.79 Å². The maximum Gasteiger partial charge on any atom is 0.302 e. The van der Waals surface area contributed by atoms with Crippen molar-refractivity contribution in [3.8, 4) is 0 Å². The number of hydrogen-bond acceptors (Lipinski definition) is 2. The minimum Gasteiger partial charge on any atom is -0.462 e. The molecule has 4 fully saturated rings. The maximum absolute atomic E-state index is 11.9. The third kappa shape index (κ3) is 3.01. The van der Waals surface area contributed by atoms with Crippen molar-refractivity contribution in [2.75, 3.05) is 0 Å². The van der Waals surface area contributed by atoms with Gasteiger partial charge in [0.25, 0.3) is 0 Å². The average molecular weight is 469 g/mol. The van der Waals surface area contributed by atoms with Crippen molar-refractivity contribution in [2.45, 2.75) is 133 Å². The molecule has 0 radical (unpaired) electrons. The van der Waals surface area contributed by atoms with E-state index in [-0.39, 0.29) is 17.5 Å². The molecule has 5 aliphatic rings. The summed E-state index contributed by atoms with van der Waals surface area (Å²) in [5, 5.41) is 0. The average Bonchev–Trinajstić information content (AvgIpc) is 2.70. The van der Waals surface area contributed by atoms with E-state index in [1.54, 1.807) is 12.5 Å². The molecular weight excluding hydrogens is 416 g/mol. The Morgan fingerprint density at radius 1 is 0.794 bits per heavy atom. The summed E-state index contributed by atoms with van der Waals surface area (Å²) in [6.07, 6.45) is 15.9. The SMILES string of the molecule is CC(=O)OC1CCC2(C)C(CCC3(C)C2CCC2C4(C)CCCC(C)(C)C4=CCC23C)C1(C)C. The third-order valence-electron chi connectivity index (χ3n) is 13.5. The Kier molecular flexibility index (Phi) is 5.40. The molecule has 0 aromatic carbocycles. The molecule has 0 heterocycles. The molecule has 192 valence electrons. The fraction of sp³-hybridized carbons (Fsp3) is 0.906. The van der Waals surface area contributed by atoms with E-state index in [9.17, 15) is 4.79 Å². The van der Waals surface area contributed by atoms with Gasteiger partial charge < -0.3 is 4.74 Å². The minimum atomic E-state index is -0.108. The van der Waals surface area contributed by atoms with Crippen LogP contribution >= 0.6 is 0 Å². The van der Waals surface area contributed by atoms with Crippen LogP contribution in [0.1, 0.15) is 127 Å². The molecule has 8 unspecified atom stereocenters. The minimum absolute atomic E-state index is 0.0523. The molecule has 0 amide bonds. The van der Waals surface area contributed by atoms with Gasteiger partial charge in [-0.05, 0) is 103 Å². The fourth-order valence-corrected chi connectivity index (χ4v) is 11.8. The summed E-state index contributed by atoms with van der Waals surface area (Å²) in [4.78, 5) is 11.9. The second kappa shape index (κ2) is 7.38. The molecule has 2 heteroatoms. The van der Waals surface area contributed by atoms with Crippen molar-refractivity contribution >= 4 is 5.97 Å². The monoisotopic (exact) mass is 468 g/mol. The molecule has 34 heavy (non-hydrogen) atoms. The molecule has 0 aliphatic heterocycles. The quantitative estimate of drug-likeness (QED) is 0.284. The molecule has 0 aromatic rings. The summed E-state index contributed by atoms with van der Waals surface area (Å²) < 4.78 is 5.91. The lowest BCUT2D eigenvalue weighted by Crippen LogP contribution is -2.66. The van der Waals surface area contributed by atoms with Crippen LogP contribution < -0.4 is 0 Å². The normalized spacial score (nSPS) is 51.1. The van der Waals surface area contributed by atoms with Crippen molar-refractivity contribution < 1.29 is 9.53 Å². The molecule has 2 nitrogen and oxygen atoms in total. The van der Waals surface area contributed by atoms with Crippen molar-refractivity contribution in [1.82, 2.24) is 0 Å². The third-order valence-corrected chi connectivity index (χ3v) is 13.5. The van der Waals surface area contributed by atoms with E-state index >= 15 is 0 Å². The smallest absolute Gasteiger partial charge is 0.302 e. The Morgan fingerprint density at radius 2 is 1.47 bits per heavy atom. The molecule has 0 bridgehead atoms. The zero-order valence-electron chi connectivity index (χ0n) is 23.8.